The van der Waals surface area contributed by atoms with Crippen molar-refractivity contribution >= 4 is 5.95 Å². The molecule has 3 heterocycles. The molecule has 5 rings (SSSR count). The number of aromatic amines is 1. The Morgan fingerprint density at radius 1 is 1.21 bits per heavy atom. The number of nitrogens with one attached hydrogen (secondary N) is 1. The lowest BCUT2D eigenvalue weighted by Crippen LogP contribution is -2.40. The maximum atomic E-state index is 6.12. The predicted octanol–water partition coefficient (Wildman–Crippen LogP) is 3.01. The number of aryl methyl sites for hydroxylation is 3. The molecule has 1 N–H and O–H groups in total. The molecule has 152 valence electrons. The van der Waals surface area contributed by atoms with Crippen molar-refractivity contribution in [3.63, 3.8) is 0 Å². The van der Waals surface area contributed by atoms with Crippen LogP contribution < -0.4 is 4.90 Å². The summed E-state index contributed by atoms with van der Waals surface area (Å²) in [5, 5.41) is 16.5. The first-order chi connectivity index (χ1) is 14.1. The maximum Gasteiger partial charge on any atom is 0.227 e. The van der Waals surface area contributed by atoms with E-state index in [0.717, 1.165) is 44.1 Å². The SMILES string of the molecule is Cc1ccc(C2CN(c3nnc(C4CCc5cn[nH]c5C4)n3C)CCO2)c(C)c1. The first kappa shape index (κ1) is 18.4. The maximum absolute atomic E-state index is 6.12. The minimum atomic E-state index is 0.0618. The second-order valence-electron chi connectivity index (χ2n) is 8.40. The van der Waals surface area contributed by atoms with Crippen LogP contribution in [0.25, 0.3) is 0 Å². The van der Waals surface area contributed by atoms with Gasteiger partial charge in [-0.15, -0.1) is 10.2 Å². The molecule has 0 spiro atoms. The average molecular weight is 393 g/mol. The first-order valence-corrected chi connectivity index (χ1v) is 10.4. The number of anilines is 1. The molecule has 29 heavy (non-hydrogen) atoms. The third-order valence-electron chi connectivity index (χ3n) is 6.39. The smallest absolute Gasteiger partial charge is 0.227 e. The van der Waals surface area contributed by atoms with E-state index < -0.39 is 0 Å². The van der Waals surface area contributed by atoms with Crippen molar-refractivity contribution in [2.75, 3.05) is 24.6 Å². The second kappa shape index (κ2) is 7.30. The predicted molar refractivity (Wildman–Crippen MR) is 111 cm³/mol. The fraction of sp³-hybridized carbons (Fsp3) is 0.500. The Kier molecular flexibility index (Phi) is 4.62. The summed E-state index contributed by atoms with van der Waals surface area (Å²) in [6.45, 7) is 6.62. The van der Waals surface area contributed by atoms with Crippen molar-refractivity contribution in [2.24, 2.45) is 7.05 Å². The molecular weight excluding hydrogens is 364 g/mol. The van der Waals surface area contributed by atoms with Gasteiger partial charge in [0, 0.05) is 25.2 Å². The van der Waals surface area contributed by atoms with E-state index in [1.807, 2.05) is 6.20 Å². The van der Waals surface area contributed by atoms with Crippen molar-refractivity contribution in [2.45, 2.75) is 45.1 Å². The molecule has 2 unspecified atom stereocenters. The van der Waals surface area contributed by atoms with Gasteiger partial charge in [0.25, 0.3) is 0 Å². The van der Waals surface area contributed by atoms with Crippen molar-refractivity contribution in [1.29, 1.82) is 0 Å². The van der Waals surface area contributed by atoms with E-state index in [1.54, 1.807) is 0 Å². The third kappa shape index (κ3) is 3.33. The highest BCUT2D eigenvalue weighted by Crippen LogP contribution is 2.33. The van der Waals surface area contributed by atoms with E-state index in [4.69, 9.17) is 4.74 Å². The Morgan fingerprint density at radius 3 is 2.97 bits per heavy atom. The molecule has 1 aromatic carbocycles. The fourth-order valence-corrected chi connectivity index (χ4v) is 4.80. The van der Waals surface area contributed by atoms with Gasteiger partial charge in [0.05, 0.1) is 19.3 Å². The number of hydrogen-bond acceptors (Lipinski definition) is 5. The molecule has 7 heteroatoms. The molecule has 3 aromatic rings. The zero-order chi connectivity index (χ0) is 20.0. The molecule has 1 aliphatic carbocycles. The molecule has 2 aromatic heterocycles. The van der Waals surface area contributed by atoms with Gasteiger partial charge < -0.3 is 14.2 Å². The Labute approximate surface area is 171 Å². The summed E-state index contributed by atoms with van der Waals surface area (Å²) in [4.78, 5) is 2.31. The van der Waals surface area contributed by atoms with E-state index in [9.17, 15) is 0 Å². The monoisotopic (exact) mass is 392 g/mol. The summed E-state index contributed by atoms with van der Waals surface area (Å²) in [6.07, 6.45) is 5.11. The van der Waals surface area contributed by atoms with Gasteiger partial charge in [-0.05, 0) is 49.8 Å². The lowest BCUT2D eigenvalue weighted by molar-refractivity contribution is 0.0386. The van der Waals surface area contributed by atoms with Crippen LogP contribution in [0.15, 0.2) is 24.4 Å². The highest BCUT2D eigenvalue weighted by Gasteiger charge is 2.30. The van der Waals surface area contributed by atoms with Crippen molar-refractivity contribution in [1.82, 2.24) is 25.0 Å². The van der Waals surface area contributed by atoms with Crippen molar-refractivity contribution in [3.8, 4) is 0 Å². The Balaban J connectivity index is 1.36. The summed E-state index contributed by atoms with van der Waals surface area (Å²) >= 11 is 0. The number of aromatic nitrogens is 5. The van der Waals surface area contributed by atoms with E-state index in [2.05, 4.69) is 69.0 Å². The molecule has 0 saturated carbocycles. The molecule has 1 fully saturated rings. The molecule has 2 atom stereocenters. The van der Waals surface area contributed by atoms with Crippen LogP contribution in [-0.4, -0.2) is 44.7 Å². The number of hydrogen-bond donors (Lipinski definition) is 1. The molecule has 0 bridgehead atoms. The number of ether oxygens (including phenoxy) is 1. The normalized spacial score (nSPS) is 22.0. The van der Waals surface area contributed by atoms with Gasteiger partial charge in [-0.2, -0.15) is 5.10 Å². The van der Waals surface area contributed by atoms with Gasteiger partial charge in [0.15, 0.2) is 0 Å². The number of nitrogens with zero attached hydrogens (tertiary/aromatic N) is 5. The van der Waals surface area contributed by atoms with Gasteiger partial charge in [0.2, 0.25) is 5.95 Å². The minimum Gasteiger partial charge on any atom is -0.370 e. The zero-order valence-electron chi connectivity index (χ0n) is 17.4. The van der Waals surface area contributed by atoms with E-state index >= 15 is 0 Å². The van der Waals surface area contributed by atoms with E-state index in [-0.39, 0.29) is 6.10 Å². The van der Waals surface area contributed by atoms with Crippen LogP contribution in [0.5, 0.6) is 0 Å². The minimum absolute atomic E-state index is 0.0618. The summed E-state index contributed by atoms with van der Waals surface area (Å²) in [5.74, 6) is 2.38. The number of morpholine rings is 1. The highest BCUT2D eigenvalue weighted by molar-refractivity contribution is 5.37. The molecule has 1 aliphatic heterocycles. The quantitative estimate of drug-likeness (QED) is 0.742. The number of H-pyrrole nitrogens is 1. The molecule has 2 aliphatic rings. The topological polar surface area (TPSA) is 71.9 Å². The highest BCUT2D eigenvalue weighted by atomic mass is 16.5. The number of benzene rings is 1. The summed E-state index contributed by atoms with van der Waals surface area (Å²) in [7, 11) is 2.09. The summed E-state index contributed by atoms with van der Waals surface area (Å²) < 4.78 is 8.30. The molecule has 0 amide bonds. The lowest BCUT2D eigenvalue weighted by Gasteiger charge is -2.34. The van der Waals surface area contributed by atoms with Gasteiger partial charge in [-0.25, -0.2) is 0 Å². The van der Waals surface area contributed by atoms with Crippen molar-refractivity contribution in [3.05, 3.63) is 58.2 Å². The fourth-order valence-electron chi connectivity index (χ4n) is 4.80. The summed E-state index contributed by atoms with van der Waals surface area (Å²) in [6, 6.07) is 6.59. The molecular formula is C22H28N6O. The van der Waals surface area contributed by atoms with Crippen LogP contribution >= 0.6 is 0 Å². The molecule has 1 saturated heterocycles. The first-order valence-electron chi connectivity index (χ1n) is 10.4. The third-order valence-corrected chi connectivity index (χ3v) is 6.39. The molecule has 0 radical (unpaired) electrons. The van der Waals surface area contributed by atoms with Crippen LogP contribution in [-0.2, 0) is 24.6 Å². The largest absolute Gasteiger partial charge is 0.370 e. The van der Waals surface area contributed by atoms with Gasteiger partial charge >= 0.3 is 0 Å². The molecule has 7 nitrogen and oxygen atoms in total. The standard InChI is InChI=1S/C22H28N6O/c1-14-4-7-18(15(2)10-14)20-13-28(8-9-29-20)22-26-25-21(27(22)3)16-5-6-17-12-23-24-19(17)11-16/h4,7,10,12,16,20H,5-6,8-9,11,13H2,1-3H3,(H,23,24). The Bertz CT molecular complexity index is 1020. The number of rotatable bonds is 3. The van der Waals surface area contributed by atoms with E-state index in [1.165, 1.54) is 27.9 Å². The second-order valence-corrected chi connectivity index (χ2v) is 8.40. The summed E-state index contributed by atoms with van der Waals surface area (Å²) in [5.41, 5.74) is 6.42. The average Bonchev–Trinajstić information content (AvgIpc) is 3.34. The van der Waals surface area contributed by atoms with Crippen molar-refractivity contribution < 1.29 is 4.74 Å². The van der Waals surface area contributed by atoms with Gasteiger partial charge in [-0.1, -0.05) is 23.8 Å². The van der Waals surface area contributed by atoms with Crippen LogP contribution in [0.3, 0.4) is 0 Å². The zero-order valence-corrected chi connectivity index (χ0v) is 17.4. The Hall–Kier alpha value is -2.67. The van der Waals surface area contributed by atoms with Gasteiger partial charge in [0.1, 0.15) is 11.9 Å². The van der Waals surface area contributed by atoms with E-state index in [0.29, 0.717) is 12.5 Å². The van der Waals surface area contributed by atoms with Crippen LogP contribution in [0.1, 0.15) is 52.2 Å². The van der Waals surface area contributed by atoms with Crippen LogP contribution in [0.2, 0.25) is 0 Å². The van der Waals surface area contributed by atoms with Gasteiger partial charge in [-0.3, -0.25) is 5.10 Å². The lowest BCUT2D eigenvalue weighted by atomic mass is 9.87. The van der Waals surface area contributed by atoms with Crippen LogP contribution in [0.4, 0.5) is 5.95 Å². The Morgan fingerprint density at radius 2 is 2.10 bits per heavy atom. The van der Waals surface area contributed by atoms with Crippen LogP contribution in [0, 0.1) is 13.8 Å². The number of fused-ring (bicyclic) bond motifs is 1.